The van der Waals surface area contributed by atoms with Crippen LogP contribution >= 0.6 is 0 Å². The highest BCUT2D eigenvalue weighted by atomic mass is 15.1. The molecule has 1 nitrogen and oxygen atoms in total. The Bertz CT molecular complexity index is 404. The monoisotopic (exact) mass is 255 g/mol. The minimum Gasteiger partial charge on any atom is -0.292 e. The van der Waals surface area contributed by atoms with E-state index in [1.807, 2.05) is 0 Å². The predicted octanol–water partition coefficient (Wildman–Crippen LogP) is 3.74. The molecule has 19 heavy (non-hydrogen) atoms. The van der Waals surface area contributed by atoms with Gasteiger partial charge in [-0.15, -0.1) is 5.92 Å². The Kier molecular flexibility index (Phi) is 5.98. The topological polar surface area (TPSA) is 3.24 Å². The molecule has 0 atom stereocenters. The maximum absolute atomic E-state index is 3.30. The number of nitrogens with zero attached hydrogens (tertiary/aromatic N) is 1. The summed E-state index contributed by atoms with van der Waals surface area (Å²) in [7, 11) is 0. The summed E-state index contributed by atoms with van der Waals surface area (Å²) in [6, 6.07) is 10.9. The van der Waals surface area contributed by atoms with E-state index in [4.69, 9.17) is 0 Å². The summed E-state index contributed by atoms with van der Waals surface area (Å²) in [4.78, 5) is 2.50. The standard InChI is InChI=1S/C18H25N/c1-2-3-4-8-13-19-14-11-18(12-15-19)16-17-9-6-5-7-10-17/h5-7,9-10,18H,2-3,11-16H2,1H3. The molecule has 1 saturated heterocycles. The van der Waals surface area contributed by atoms with Gasteiger partial charge < -0.3 is 0 Å². The third-order valence-corrected chi connectivity index (χ3v) is 3.88. The average molecular weight is 255 g/mol. The van der Waals surface area contributed by atoms with Crippen LogP contribution in [0.3, 0.4) is 0 Å². The van der Waals surface area contributed by atoms with Crippen molar-refractivity contribution in [2.45, 2.75) is 39.0 Å². The summed E-state index contributed by atoms with van der Waals surface area (Å²) in [6.45, 7) is 5.60. The number of likely N-dealkylation sites (tertiary alicyclic amines) is 1. The smallest absolute Gasteiger partial charge is 0.0601 e. The molecule has 0 amide bonds. The van der Waals surface area contributed by atoms with Crippen LogP contribution < -0.4 is 0 Å². The van der Waals surface area contributed by atoms with Crippen molar-refractivity contribution < 1.29 is 0 Å². The Morgan fingerprint density at radius 1 is 1.11 bits per heavy atom. The minimum atomic E-state index is 0.863. The first kappa shape index (κ1) is 14.2. The highest BCUT2D eigenvalue weighted by Crippen LogP contribution is 2.21. The van der Waals surface area contributed by atoms with Crippen LogP contribution in [0.25, 0.3) is 0 Å². The van der Waals surface area contributed by atoms with Crippen LogP contribution in [0.2, 0.25) is 0 Å². The molecule has 0 N–H and O–H groups in total. The minimum absolute atomic E-state index is 0.863. The van der Waals surface area contributed by atoms with Crippen molar-refractivity contribution in [3.63, 3.8) is 0 Å². The molecule has 0 aliphatic carbocycles. The van der Waals surface area contributed by atoms with Gasteiger partial charge in [-0.2, -0.15) is 0 Å². The van der Waals surface area contributed by atoms with Gasteiger partial charge in [0.05, 0.1) is 6.54 Å². The maximum Gasteiger partial charge on any atom is 0.0601 e. The zero-order valence-corrected chi connectivity index (χ0v) is 12.1. The molecule has 1 fully saturated rings. The van der Waals surface area contributed by atoms with Crippen LogP contribution in [0, 0.1) is 17.8 Å². The van der Waals surface area contributed by atoms with Crippen molar-refractivity contribution in [1.82, 2.24) is 4.90 Å². The van der Waals surface area contributed by atoms with Crippen molar-refractivity contribution in [3.05, 3.63) is 35.9 Å². The van der Waals surface area contributed by atoms with E-state index < -0.39 is 0 Å². The second kappa shape index (κ2) is 8.02. The van der Waals surface area contributed by atoms with E-state index in [0.717, 1.165) is 18.9 Å². The van der Waals surface area contributed by atoms with Crippen LogP contribution in [0.4, 0.5) is 0 Å². The van der Waals surface area contributed by atoms with Crippen LogP contribution in [-0.4, -0.2) is 24.5 Å². The van der Waals surface area contributed by atoms with Crippen molar-refractivity contribution in [2.24, 2.45) is 5.92 Å². The molecule has 0 bridgehead atoms. The SMILES string of the molecule is CCCC#CCN1CCC(Cc2ccccc2)CC1. The van der Waals surface area contributed by atoms with Gasteiger partial charge in [0.2, 0.25) is 0 Å². The van der Waals surface area contributed by atoms with Crippen molar-refractivity contribution in [1.29, 1.82) is 0 Å². The molecule has 1 aromatic rings. The zero-order chi connectivity index (χ0) is 13.3. The molecule has 1 aliphatic rings. The van der Waals surface area contributed by atoms with Crippen molar-refractivity contribution in [2.75, 3.05) is 19.6 Å². The Balaban J connectivity index is 1.70. The predicted molar refractivity (Wildman–Crippen MR) is 82.0 cm³/mol. The fourth-order valence-electron chi connectivity index (χ4n) is 2.68. The van der Waals surface area contributed by atoms with E-state index in [1.165, 1.54) is 44.3 Å². The number of benzene rings is 1. The third-order valence-electron chi connectivity index (χ3n) is 3.88. The fraction of sp³-hybridized carbons (Fsp3) is 0.556. The number of rotatable bonds is 4. The van der Waals surface area contributed by atoms with Crippen LogP contribution in [0.15, 0.2) is 30.3 Å². The molecule has 0 aromatic heterocycles. The second-order valence-electron chi connectivity index (χ2n) is 5.51. The van der Waals surface area contributed by atoms with Gasteiger partial charge in [-0.1, -0.05) is 43.2 Å². The lowest BCUT2D eigenvalue weighted by atomic mass is 9.90. The maximum atomic E-state index is 3.30. The largest absolute Gasteiger partial charge is 0.292 e. The number of unbranched alkanes of at least 4 members (excludes halogenated alkanes) is 1. The fourth-order valence-corrected chi connectivity index (χ4v) is 2.68. The lowest BCUT2D eigenvalue weighted by Crippen LogP contribution is -2.34. The lowest BCUT2D eigenvalue weighted by Gasteiger charge is -2.30. The number of hydrogen-bond acceptors (Lipinski definition) is 1. The first-order valence-corrected chi connectivity index (χ1v) is 7.60. The van der Waals surface area contributed by atoms with E-state index in [-0.39, 0.29) is 0 Å². The summed E-state index contributed by atoms with van der Waals surface area (Å²) in [5, 5.41) is 0. The van der Waals surface area contributed by atoms with Crippen LogP contribution in [0.1, 0.15) is 38.2 Å². The first-order chi connectivity index (χ1) is 9.38. The van der Waals surface area contributed by atoms with E-state index in [9.17, 15) is 0 Å². The Morgan fingerprint density at radius 2 is 1.84 bits per heavy atom. The molecular formula is C18H25N. The molecule has 1 aromatic carbocycles. The van der Waals surface area contributed by atoms with E-state index in [0.29, 0.717) is 0 Å². The first-order valence-electron chi connectivity index (χ1n) is 7.60. The quantitative estimate of drug-likeness (QED) is 0.741. The molecule has 0 unspecified atom stereocenters. The van der Waals surface area contributed by atoms with Gasteiger partial charge in [0.1, 0.15) is 0 Å². The molecule has 0 spiro atoms. The summed E-state index contributed by atoms with van der Waals surface area (Å²) < 4.78 is 0. The van der Waals surface area contributed by atoms with Gasteiger partial charge in [-0.05, 0) is 50.3 Å². The molecule has 2 rings (SSSR count). The van der Waals surface area contributed by atoms with Gasteiger partial charge >= 0.3 is 0 Å². The third kappa shape index (κ3) is 5.09. The number of hydrogen-bond donors (Lipinski definition) is 0. The molecule has 1 aliphatic heterocycles. The molecular weight excluding hydrogens is 230 g/mol. The summed E-state index contributed by atoms with van der Waals surface area (Å²) >= 11 is 0. The molecule has 0 saturated carbocycles. The highest BCUT2D eigenvalue weighted by molar-refractivity contribution is 5.15. The van der Waals surface area contributed by atoms with Gasteiger partial charge in [-0.3, -0.25) is 4.90 Å². The van der Waals surface area contributed by atoms with Crippen LogP contribution in [-0.2, 0) is 6.42 Å². The van der Waals surface area contributed by atoms with Gasteiger partial charge in [-0.25, -0.2) is 0 Å². The summed E-state index contributed by atoms with van der Waals surface area (Å²) in [6.07, 6.45) is 6.11. The lowest BCUT2D eigenvalue weighted by molar-refractivity contribution is 0.203. The van der Waals surface area contributed by atoms with Gasteiger partial charge in [0.25, 0.3) is 0 Å². The Labute approximate surface area is 118 Å². The van der Waals surface area contributed by atoms with Gasteiger partial charge in [0.15, 0.2) is 0 Å². The molecule has 102 valence electrons. The summed E-state index contributed by atoms with van der Waals surface area (Å²) in [5.41, 5.74) is 1.49. The summed E-state index contributed by atoms with van der Waals surface area (Å²) in [5.74, 6) is 7.40. The van der Waals surface area contributed by atoms with Crippen LogP contribution in [0.5, 0.6) is 0 Å². The van der Waals surface area contributed by atoms with Crippen molar-refractivity contribution >= 4 is 0 Å². The average Bonchev–Trinajstić information content (AvgIpc) is 2.46. The highest BCUT2D eigenvalue weighted by Gasteiger charge is 2.18. The number of piperidine rings is 1. The molecule has 0 radical (unpaired) electrons. The zero-order valence-electron chi connectivity index (χ0n) is 12.1. The second-order valence-corrected chi connectivity index (χ2v) is 5.51. The Morgan fingerprint density at radius 3 is 2.53 bits per heavy atom. The Hall–Kier alpha value is -1.26. The molecule has 1 heteroatoms. The van der Waals surface area contributed by atoms with E-state index in [2.05, 4.69) is 54.0 Å². The normalized spacial score (nSPS) is 16.9. The van der Waals surface area contributed by atoms with E-state index in [1.54, 1.807) is 0 Å². The molecule has 1 heterocycles. The van der Waals surface area contributed by atoms with E-state index >= 15 is 0 Å². The van der Waals surface area contributed by atoms with Crippen molar-refractivity contribution in [3.8, 4) is 11.8 Å². The van der Waals surface area contributed by atoms with Gasteiger partial charge in [0, 0.05) is 6.42 Å².